The topological polar surface area (TPSA) is 117 Å². The van der Waals surface area contributed by atoms with E-state index in [2.05, 4.69) is 25.2 Å². The standard InChI is InChI=1S/C44H59ClN2O11/c1-46(17-14-33-27-41(54-6)42(55-7)28-34(33)36(46)24-31-10-12-37(50-2)39(25-31)52-4)15-8-21-58-44(49)35(45)29-43(48)57-20-9-16-47(18-22-56-23-19-47)30-32-11-13-38(51-3)40(26-32)53-5/h10-13,25-29,36H,8-9,14-24,30H2,1-7H3/q+2/b35-29-/t36-,46-/m1/s1. The van der Waals surface area contributed by atoms with Crippen LogP contribution in [-0.2, 0) is 43.2 Å². The van der Waals surface area contributed by atoms with Crippen molar-refractivity contribution < 1.29 is 61.2 Å². The molecule has 2 atom stereocenters. The van der Waals surface area contributed by atoms with Crippen LogP contribution in [0.5, 0.6) is 34.5 Å². The third-order valence-corrected chi connectivity index (χ3v) is 11.7. The van der Waals surface area contributed by atoms with Crippen LogP contribution in [0, 0.1) is 0 Å². The molecule has 1 saturated heterocycles. The molecule has 0 aliphatic carbocycles. The molecule has 1 fully saturated rings. The zero-order valence-corrected chi connectivity index (χ0v) is 35.7. The Hall–Kier alpha value is -4.69. The third kappa shape index (κ3) is 11.1. The fraction of sp³-hybridized carbons (Fsp3) is 0.500. The Morgan fingerprint density at radius 1 is 0.707 bits per heavy atom. The summed E-state index contributed by atoms with van der Waals surface area (Å²) in [5.74, 6) is 2.63. The summed E-state index contributed by atoms with van der Waals surface area (Å²) in [6.07, 6.45) is 3.77. The van der Waals surface area contributed by atoms with Crippen molar-refractivity contribution in [2.24, 2.45) is 0 Å². The molecule has 58 heavy (non-hydrogen) atoms. The summed E-state index contributed by atoms with van der Waals surface area (Å²) >= 11 is 6.25. The van der Waals surface area contributed by atoms with E-state index in [4.69, 9.17) is 54.2 Å². The molecule has 0 N–H and O–H groups in total. The van der Waals surface area contributed by atoms with Gasteiger partial charge in [0, 0.05) is 42.9 Å². The van der Waals surface area contributed by atoms with Crippen LogP contribution in [0.3, 0.4) is 0 Å². The average molecular weight is 827 g/mol. The Bertz CT molecular complexity index is 1900. The second kappa shape index (κ2) is 20.8. The number of carbonyl (C=O) groups excluding carboxylic acids is 2. The van der Waals surface area contributed by atoms with Gasteiger partial charge in [-0.1, -0.05) is 17.7 Å². The Kier molecular flexibility index (Phi) is 16.0. The largest absolute Gasteiger partial charge is 0.493 e. The van der Waals surface area contributed by atoms with Gasteiger partial charge >= 0.3 is 11.9 Å². The molecule has 0 amide bonds. The summed E-state index contributed by atoms with van der Waals surface area (Å²) in [4.78, 5) is 25.5. The number of nitrogens with zero attached hydrogens (tertiary/aromatic N) is 2. The highest BCUT2D eigenvalue weighted by Crippen LogP contribution is 2.43. The summed E-state index contributed by atoms with van der Waals surface area (Å²) in [7, 11) is 12.0. The van der Waals surface area contributed by atoms with Crippen molar-refractivity contribution in [3.8, 4) is 34.5 Å². The first-order valence-electron chi connectivity index (χ1n) is 19.7. The highest BCUT2D eigenvalue weighted by molar-refractivity contribution is 6.42. The van der Waals surface area contributed by atoms with Crippen LogP contribution in [0.2, 0.25) is 0 Å². The molecule has 2 aliphatic rings. The molecular weight excluding hydrogens is 768 g/mol. The van der Waals surface area contributed by atoms with E-state index in [1.165, 1.54) is 11.1 Å². The van der Waals surface area contributed by atoms with Gasteiger partial charge in [-0.2, -0.15) is 0 Å². The Morgan fingerprint density at radius 2 is 1.26 bits per heavy atom. The maximum absolute atomic E-state index is 12.8. The van der Waals surface area contributed by atoms with Gasteiger partial charge in [-0.3, -0.25) is 0 Å². The molecule has 3 aromatic carbocycles. The molecule has 0 unspecified atom stereocenters. The lowest BCUT2D eigenvalue weighted by Crippen LogP contribution is -2.55. The molecule has 2 heterocycles. The molecule has 13 nitrogen and oxygen atoms in total. The van der Waals surface area contributed by atoms with E-state index >= 15 is 0 Å². The first-order valence-corrected chi connectivity index (χ1v) is 20.0. The van der Waals surface area contributed by atoms with Crippen LogP contribution in [0.15, 0.2) is 59.6 Å². The number of esters is 2. The first kappa shape index (κ1) is 44.4. The maximum atomic E-state index is 12.8. The van der Waals surface area contributed by atoms with E-state index in [-0.39, 0.29) is 24.3 Å². The van der Waals surface area contributed by atoms with Gasteiger partial charge in [0.05, 0.1) is 95.8 Å². The van der Waals surface area contributed by atoms with Crippen LogP contribution in [-0.4, -0.2) is 130 Å². The second-order valence-corrected chi connectivity index (χ2v) is 15.4. The van der Waals surface area contributed by atoms with E-state index in [0.717, 1.165) is 73.8 Å². The van der Waals surface area contributed by atoms with Crippen LogP contribution in [0.1, 0.15) is 41.1 Å². The number of carbonyl (C=O) groups is 2. The van der Waals surface area contributed by atoms with Gasteiger partial charge in [0.15, 0.2) is 34.5 Å². The van der Waals surface area contributed by atoms with Gasteiger partial charge in [0.2, 0.25) is 0 Å². The van der Waals surface area contributed by atoms with Crippen LogP contribution in [0.4, 0.5) is 0 Å². The Balaban J connectivity index is 1.15. The van der Waals surface area contributed by atoms with Crippen molar-refractivity contribution in [2.75, 3.05) is 109 Å². The quantitative estimate of drug-likeness (QED) is 0.0573. The molecule has 14 heteroatoms. The third-order valence-electron chi connectivity index (χ3n) is 11.4. The summed E-state index contributed by atoms with van der Waals surface area (Å²) in [5.41, 5.74) is 4.62. The van der Waals surface area contributed by atoms with Gasteiger partial charge in [0.1, 0.15) is 30.7 Å². The lowest BCUT2D eigenvalue weighted by atomic mass is 9.86. The first-order chi connectivity index (χ1) is 28.0. The van der Waals surface area contributed by atoms with Crippen molar-refractivity contribution in [1.82, 2.24) is 0 Å². The van der Waals surface area contributed by atoms with Crippen molar-refractivity contribution in [2.45, 2.75) is 38.3 Å². The molecule has 0 saturated carbocycles. The second-order valence-electron chi connectivity index (χ2n) is 15.0. The fourth-order valence-corrected chi connectivity index (χ4v) is 8.30. The minimum absolute atomic E-state index is 0.0571. The number of likely N-dealkylation sites (N-methyl/N-ethyl adjacent to an activating group) is 1. The van der Waals surface area contributed by atoms with E-state index < -0.39 is 11.9 Å². The normalized spacial score (nSPS) is 18.7. The summed E-state index contributed by atoms with van der Waals surface area (Å²) < 4.78 is 51.5. The Morgan fingerprint density at radius 3 is 1.90 bits per heavy atom. The predicted molar refractivity (Wildman–Crippen MR) is 219 cm³/mol. The number of methoxy groups -OCH3 is 6. The zero-order valence-electron chi connectivity index (χ0n) is 34.9. The number of hydrogen-bond donors (Lipinski definition) is 0. The number of ether oxygens (including phenoxy) is 9. The summed E-state index contributed by atoms with van der Waals surface area (Å²) in [5, 5.41) is -0.324. The lowest BCUT2D eigenvalue weighted by molar-refractivity contribution is -0.947. The van der Waals surface area contributed by atoms with Crippen molar-refractivity contribution in [1.29, 1.82) is 0 Å². The van der Waals surface area contributed by atoms with Crippen LogP contribution in [0.25, 0.3) is 0 Å². The van der Waals surface area contributed by atoms with E-state index in [1.807, 2.05) is 30.3 Å². The van der Waals surface area contributed by atoms with Gasteiger partial charge in [-0.05, 0) is 53.6 Å². The highest BCUT2D eigenvalue weighted by Gasteiger charge is 2.40. The smallest absolute Gasteiger partial charge is 0.350 e. The number of morpholine rings is 1. The summed E-state index contributed by atoms with van der Waals surface area (Å²) in [6, 6.07) is 16.2. The summed E-state index contributed by atoms with van der Waals surface area (Å²) in [6.45, 7) is 6.47. The number of halogens is 1. The molecule has 0 bridgehead atoms. The van der Waals surface area contributed by atoms with Crippen LogP contribution < -0.4 is 28.4 Å². The predicted octanol–water partition coefficient (Wildman–Crippen LogP) is 6.06. The van der Waals surface area contributed by atoms with E-state index in [9.17, 15) is 9.59 Å². The zero-order chi connectivity index (χ0) is 41.7. The number of rotatable bonds is 20. The van der Waals surface area contributed by atoms with Gasteiger partial charge in [-0.15, -0.1) is 0 Å². The fourth-order valence-electron chi connectivity index (χ4n) is 8.15. The van der Waals surface area contributed by atoms with Crippen molar-refractivity contribution in [3.63, 3.8) is 0 Å². The SMILES string of the molecule is COc1ccc(C[C@@H]2c3cc(OC)c(OC)cc3CC[N@@+]2(C)CCCOC(=O)/C(Cl)=C/C(=O)OCCC[N+]2(Cc3ccc(OC)c(OC)c3)CCOCC2)cc1OC. The number of quaternary nitrogens is 2. The molecule has 0 aromatic heterocycles. The average Bonchev–Trinajstić information content (AvgIpc) is 3.24. The van der Waals surface area contributed by atoms with E-state index in [0.29, 0.717) is 65.0 Å². The van der Waals surface area contributed by atoms with Gasteiger partial charge in [-0.25, -0.2) is 9.59 Å². The molecular formula is C44H59ClN2O11+2. The van der Waals surface area contributed by atoms with Crippen molar-refractivity contribution in [3.05, 3.63) is 81.9 Å². The highest BCUT2D eigenvalue weighted by atomic mass is 35.5. The molecule has 5 rings (SSSR count). The van der Waals surface area contributed by atoms with Crippen molar-refractivity contribution >= 4 is 23.5 Å². The molecule has 2 aliphatic heterocycles. The minimum atomic E-state index is -0.767. The number of hydrogen-bond acceptors (Lipinski definition) is 11. The molecule has 0 radical (unpaired) electrons. The van der Waals surface area contributed by atoms with Gasteiger partial charge in [0.25, 0.3) is 0 Å². The monoisotopic (exact) mass is 826 g/mol. The Labute approximate surface area is 347 Å². The number of benzene rings is 3. The van der Waals surface area contributed by atoms with Gasteiger partial charge < -0.3 is 51.6 Å². The van der Waals surface area contributed by atoms with E-state index in [1.54, 1.807) is 42.7 Å². The minimum Gasteiger partial charge on any atom is -0.493 e. The lowest BCUT2D eigenvalue weighted by Gasteiger charge is -2.46. The molecule has 3 aromatic rings. The molecule has 316 valence electrons. The number of fused-ring (bicyclic) bond motifs is 1. The van der Waals surface area contributed by atoms with Crippen LogP contribution >= 0.6 is 11.6 Å². The molecule has 0 spiro atoms. The maximum Gasteiger partial charge on any atom is 0.350 e.